The van der Waals surface area contributed by atoms with Crippen molar-refractivity contribution in [3.05, 3.63) is 110 Å². The predicted octanol–water partition coefficient (Wildman–Crippen LogP) is 12.9. The highest BCUT2D eigenvalue weighted by molar-refractivity contribution is 9.10. The maximum atomic E-state index is 3.62. The van der Waals surface area contributed by atoms with Gasteiger partial charge in [-0.2, -0.15) is 0 Å². The number of benzene rings is 4. The summed E-state index contributed by atoms with van der Waals surface area (Å²) in [5.41, 5.74) is 13.9. The number of halogens is 2. The van der Waals surface area contributed by atoms with E-state index in [1.165, 1.54) is 27.9 Å². The molecule has 0 amide bonds. The van der Waals surface area contributed by atoms with Gasteiger partial charge in [0.2, 0.25) is 0 Å². The first-order valence-electron chi connectivity index (χ1n) is 15.5. The van der Waals surface area contributed by atoms with Crippen LogP contribution in [0.15, 0.2) is 81.7 Å². The molecule has 0 heterocycles. The third-order valence-corrected chi connectivity index (χ3v) is 13.9. The molecule has 0 fully saturated rings. The molecule has 0 aliphatic heterocycles. The Labute approximate surface area is 276 Å². The first-order chi connectivity index (χ1) is 19.9. The van der Waals surface area contributed by atoms with Crippen molar-refractivity contribution in [3.8, 4) is 11.1 Å². The predicted molar refractivity (Wildman–Crippen MR) is 192 cm³/mol. The monoisotopic (exact) mass is 697 g/mol. The van der Waals surface area contributed by atoms with Crippen LogP contribution in [0.4, 0.5) is 17.1 Å². The lowest BCUT2D eigenvalue weighted by atomic mass is 9.47. The highest BCUT2D eigenvalue weighted by atomic mass is 79.9. The number of rotatable bonds is 4. The Morgan fingerprint density at radius 2 is 0.884 bits per heavy atom. The summed E-state index contributed by atoms with van der Waals surface area (Å²) < 4.78 is 2.15. The Hall–Kier alpha value is -2.36. The average molecular weight is 700 g/mol. The molecule has 0 saturated heterocycles. The molecule has 4 aromatic rings. The van der Waals surface area contributed by atoms with Gasteiger partial charge in [0, 0.05) is 31.4 Å². The highest BCUT2D eigenvalue weighted by Crippen LogP contribution is 2.76. The summed E-state index contributed by atoms with van der Waals surface area (Å²) in [7, 11) is 0. The van der Waals surface area contributed by atoms with Crippen molar-refractivity contribution in [1.29, 1.82) is 0 Å². The number of anilines is 3. The van der Waals surface area contributed by atoms with Gasteiger partial charge in [0.15, 0.2) is 0 Å². The minimum atomic E-state index is 0.0529. The van der Waals surface area contributed by atoms with E-state index < -0.39 is 0 Å². The Balaban J connectivity index is 1.56. The molecule has 4 aromatic carbocycles. The Kier molecular flexibility index (Phi) is 6.82. The third kappa shape index (κ3) is 3.92. The fourth-order valence-corrected chi connectivity index (χ4v) is 9.32. The van der Waals surface area contributed by atoms with Crippen LogP contribution < -0.4 is 4.90 Å². The molecule has 0 aromatic heterocycles. The van der Waals surface area contributed by atoms with Crippen molar-refractivity contribution >= 4 is 48.9 Å². The molecule has 43 heavy (non-hydrogen) atoms. The van der Waals surface area contributed by atoms with Crippen LogP contribution in [-0.4, -0.2) is 0 Å². The normalized spacial score (nSPS) is 19.7. The molecule has 1 nitrogen and oxygen atoms in total. The van der Waals surface area contributed by atoms with Gasteiger partial charge in [-0.25, -0.2) is 0 Å². The zero-order valence-electron chi connectivity index (χ0n) is 27.6. The molecule has 0 spiro atoms. The summed E-state index contributed by atoms with van der Waals surface area (Å²) in [6, 6.07) is 27.0. The van der Waals surface area contributed by atoms with Gasteiger partial charge in [0.1, 0.15) is 0 Å². The van der Waals surface area contributed by atoms with Crippen molar-refractivity contribution in [2.24, 2.45) is 10.8 Å². The molecule has 0 radical (unpaired) electrons. The Morgan fingerprint density at radius 3 is 1.26 bits per heavy atom. The molecule has 0 N–H and O–H groups in total. The fraction of sp³-hybridized carbons (Fsp3) is 0.400. The van der Waals surface area contributed by atoms with Crippen LogP contribution in [0.5, 0.6) is 0 Å². The van der Waals surface area contributed by atoms with Gasteiger partial charge in [0.05, 0.1) is 0 Å². The number of aryl methyl sites for hydroxylation is 2. The molecule has 0 unspecified atom stereocenters. The van der Waals surface area contributed by atoms with E-state index >= 15 is 0 Å². The van der Waals surface area contributed by atoms with Crippen LogP contribution in [0.25, 0.3) is 11.1 Å². The maximum Gasteiger partial charge on any atom is 0.0467 e. The molecule has 0 atom stereocenters. The molecule has 2 aliphatic rings. The minimum Gasteiger partial charge on any atom is -0.310 e. The number of nitrogens with zero attached hydrogens (tertiary/aromatic N) is 1. The molecule has 224 valence electrons. The first kappa shape index (κ1) is 30.7. The van der Waals surface area contributed by atoms with E-state index in [0.717, 1.165) is 20.3 Å². The molecular formula is C40H45Br2N. The number of hydrogen-bond acceptors (Lipinski definition) is 1. The third-order valence-electron chi connectivity index (χ3n) is 12.8. The average Bonchev–Trinajstić information content (AvgIpc) is 3.13. The molecule has 0 saturated carbocycles. The van der Waals surface area contributed by atoms with Crippen molar-refractivity contribution in [1.82, 2.24) is 0 Å². The smallest absolute Gasteiger partial charge is 0.0467 e. The molecular weight excluding hydrogens is 654 g/mol. The quantitative estimate of drug-likeness (QED) is 0.205. The van der Waals surface area contributed by atoms with Crippen LogP contribution in [0.3, 0.4) is 0 Å². The maximum absolute atomic E-state index is 3.62. The lowest BCUT2D eigenvalue weighted by Gasteiger charge is -2.56. The highest BCUT2D eigenvalue weighted by Gasteiger charge is 2.72. The van der Waals surface area contributed by atoms with E-state index in [1.807, 2.05) is 0 Å². The van der Waals surface area contributed by atoms with Crippen molar-refractivity contribution in [2.45, 2.75) is 92.4 Å². The number of hydrogen-bond donors (Lipinski definition) is 0. The summed E-state index contributed by atoms with van der Waals surface area (Å²) in [6.45, 7) is 27.1. The fourth-order valence-electron chi connectivity index (χ4n) is 8.79. The summed E-state index contributed by atoms with van der Waals surface area (Å²) in [6.07, 6.45) is 0. The topological polar surface area (TPSA) is 3.24 Å². The van der Waals surface area contributed by atoms with E-state index in [0.29, 0.717) is 0 Å². The van der Waals surface area contributed by atoms with Crippen LogP contribution in [0.1, 0.15) is 90.1 Å². The molecule has 2 aliphatic carbocycles. The minimum absolute atomic E-state index is 0.0529. The zero-order chi connectivity index (χ0) is 31.5. The second-order valence-electron chi connectivity index (χ2n) is 15.3. The Morgan fingerprint density at radius 1 is 0.512 bits per heavy atom. The van der Waals surface area contributed by atoms with E-state index in [4.69, 9.17) is 0 Å². The molecule has 3 heteroatoms. The van der Waals surface area contributed by atoms with Crippen LogP contribution in [0, 0.1) is 24.7 Å². The summed E-state index contributed by atoms with van der Waals surface area (Å²) in [5, 5.41) is 0. The Bertz CT molecular complexity index is 1640. The zero-order valence-corrected chi connectivity index (χ0v) is 30.8. The summed E-state index contributed by atoms with van der Waals surface area (Å²) in [4.78, 5) is 2.35. The summed E-state index contributed by atoms with van der Waals surface area (Å²) >= 11 is 7.24. The lowest BCUT2D eigenvalue weighted by molar-refractivity contribution is -0.0105. The van der Waals surface area contributed by atoms with Gasteiger partial charge in [-0.05, 0) is 135 Å². The lowest BCUT2D eigenvalue weighted by Crippen LogP contribution is -2.55. The van der Waals surface area contributed by atoms with E-state index in [2.05, 4.69) is 186 Å². The van der Waals surface area contributed by atoms with E-state index in [-0.39, 0.29) is 27.1 Å². The van der Waals surface area contributed by atoms with Crippen LogP contribution >= 0.6 is 31.9 Å². The first-order valence-corrected chi connectivity index (χ1v) is 17.1. The van der Waals surface area contributed by atoms with Crippen molar-refractivity contribution in [3.63, 3.8) is 0 Å². The van der Waals surface area contributed by atoms with Crippen molar-refractivity contribution in [2.75, 3.05) is 4.90 Å². The SMILES string of the molecule is Cc1cc(N(c2ccc(Br)cc2)c2ccc(Br)cc2)cc(C)c1-c1cc2c3c(c1)C(C)(C)C(C)(C)C3(C)C(C)(C)C2(C)C. The second kappa shape index (κ2) is 9.57. The molecule has 6 rings (SSSR count). The van der Waals surface area contributed by atoms with E-state index in [9.17, 15) is 0 Å². The molecule has 0 bridgehead atoms. The van der Waals surface area contributed by atoms with Crippen LogP contribution in [-0.2, 0) is 16.2 Å². The van der Waals surface area contributed by atoms with E-state index in [1.54, 1.807) is 16.7 Å². The summed E-state index contributed by atoms with van der Waals surface area (Å²) in [5.74, 6) is 0. The second-order valence-corrected chi connectivity index (χ2v) is 17.1. The van der Waals surface area contributed by atoms with Gasteiger partial charge in [0.25, 0.3) is 0 Å². The van der Waals surface area contributed by atoms with Gasteiger partial charge < -0.3 is 4.90 Å². The standard InChI is InChI=1S/C40H45Br2N/c1-24-20-31(43(29-16-12-27(41)13-17-29)30-18-14-28(42)15-19-30)21-25(2)34(24)26-22-32-35-33(23-26)37(5,6)39(9,10)40(35,11)38(7,8)36(32,3)4/h12-23H,1-11H3. The van der Waals surface area contributed by atoms with Crippen molar-refractivity contribution < 1.29 is 0 Å². The largest absolute Gasteiger partial charge is 0.310 e. The van der Waals surface area contributed by atoms with Gasteiger partial charge in [-0.3, -0.25) is 0 Å². The van der Waals surface area contributed by atoms with Gasteiger partial charge in [-0.15, -0.1) is 0 Å². The van der Waals surface area contributed by atoms with Gasteiger partial charge >= 0.3 is 0 Å². The van der Waals surface area contributed by atoms with Gasteiger partial charge in [-0.1, -0.05) is 106 Å². The van der Waals surface area contributed by atoms with Crippen LogP contribution in [0.2, 0.25) is 0 Å².